The molecule has 1 unspecified atom stereocenters. The first-order valence-electron chi connectivity index (χ1n) is 16.0. The lowest BCUT2D eigenvalue weighted by Gasteiger charge is -2.39. The van der Waals surface area contributed by atoms with Gasteiger partial charge in [-0.1, -0.05) is 158 Å². The Bertz CT molecular complexity index is 2200. The van der Waals surface area contributed by atoms with Crippen LogP contribution in [0.2, 0.25) is 0 Å². The van der Waals surface area contributed by atoms with Gasteiger partial charge in [0.1, 0.15) is 11.5 Å². The zero-order chi connectivity index (χ0) is 30.7. The lowest BCUT2D eigenvalue weighted by Crippen LogP contribution is -2.30. The van der Waals surface area contributed by atoms with Crippen LogP contribution in [0.4, 0.5) is 0 Å². The lowest BCUT2D eigenvalue weighted by atomic mass is 9.65. The lowest BCUT2D eigenvalue weighted by molar-refractivity contribution is 0.427. The summed E-state index contributed by atoms with van der Waals surface area (Å²) in [5.41, 5.74) is 12.9. The Morgan fingerprint density at radius 1 is 0.370 bits per heavy atom. The van der Waals surface area contributed by atoms with E-state index in [2.05, 4.69) is 183 Å². The number of ether oxygens (including phenoxy) is 1. The van der Waals surface area contributed by atoms with Crippen LogP contribution in [0.5, 0.6) is 11.5 Å². The molecule has 1 heteroatoms. The van der Waals surface area contributed by atoms with E-state index in [9.17, 15) is 0 Å². The molecule has 0 fully saturated rings. The minimum absolute atomic E-state index is 0.389. The van der Waals surface area contributed by atoms with E-state index in [0.29, 0.717) is 0 Å². The largest absolute Gasteiger partial charge is 0.457 e. The molecule has 7 aromatic rings. The van der Waals surface area contributed by atoms with E-state index in [1.54, 1.807) is 0 Å². The summed E-state index contributed by atoms with van der Waals surface area (Å²) in [4.78, 5) is 0. The number of benzene rings is 7. The molecule has 7 aromatic carbocycles. The van der Waals surface area contributed by atoms with Gasteiger partial charge in [-0.2, -0.15) is 0 Å². The van der Waals surface area contributed by atoms with E-state index in [4.69, 9.17) is 4.74 Å². The second kappa shape index (κ2) is 10.2. The molecule has 0 radical (unpaired) electrons. The van der Waals surface area contributed by atoms with Crippen molar-refractivity contribution in [3.63, 3.8) is 0 Å². The molecule has 0 N–H and O–H groups in total. The number of rotatable bonds is 4. The Morgan fingerprint density at radius 3 is 1.46 bits per heavy atom. The summed E-state index contributed by atoms with van der Waals surface area (Å²) in [6, 6.07) is 64.0. The van der Waals surface area contributed by atoms with Crippen molar-refractivity contribution in [1.82, 2.24) is 0 Å². The molecule has 0 bridgehead atoms. The van der Waals surface area contributed by atoms with Gasteiger partial charge in [-0.15, -0.1) is 0 Å². The van der Waals surface area contributed by atoms with Crippen LogP contribution in [-0.4, -0.2) is 0 Å². The van der Waals surface area contributed by atoms with Crippen molar-refractivity contribution in [1.29, 1.82) is 0 Å². The molecule has 1 heterocycles. The van der Waals surface area contributed by atoms with E-state index in [0.717, 1.165) is 11.5 Å². The third kappa shape index (κ3) is 3.63. The molecule has 0 saturated heterocycles. The average Bonchev–Trinajstić information content (AvgIpc) is 3.43. The molecule has 9 rings (SSSR count). The normalized spacial score (nSPS) is 16.8. The molecule has 0 amide bonds. The maximum atomic E-state index is 6.60. The number of hydrogen-bond acceptors (Lipinski definition) is 1. The molecule has 1 nitrogen and oxygen atoms in total. The van der Waals surface area contributed by atoms with Crippen molar-refractivity contribution in [2.24, 2.45) is 0 Å². The molecule has 0 aromatic heterocycles. The van der Waals surface area contributed by atoms with Gasteiger partial charge in [0, 0.05) is 16.5 Å². The molecule has 2 aliphatic rings. The van der Waals surface area contributed by atoms with Crippen molar-refractivity contribution in [2.45, 2.75) is 17.8 Å². The minimum atomic E-state index is -0.479. The number of fused-ring (bicyclic) bond motifs is 5. The summed E-state index contributed by atoms with van der Waals surface area (Å²) >= 11 is 0. The summed E-state index contributed by atoms with van der Waals surface area (Å²) in [7, 11) is 0. The predicted molar refractivity (Wildman–Crippen MR) is 188 cm³/mol. The summed E-state index contributed by atoms with van der Waals surface area (Å²) in [5, 5.41) is 0. The standard InChI is InChI=1S/C45H32O/c1-44(32-16-4-2-5-17-32)40-26-14-15-27-42(40)46-43-29-28-31(30-41(43)44)34-20-8-11-23-37(34)45(33-18-6-3-7-19-33)38-24-12-9-21-35(38)36-22-10-13-25-39(36)45/h2-30H,1H3. The van der Waals surface area contributed by atoms with Crippen LogP contribution in [0, 0.1) is 0 Å². The monoisotopic (exact) mass is 588 g/mol. The molecule has 1 aliphatic carbocycles. The van der Waals surface area contributed by atoms with Crippen molar-refractivity contribution in [3.05, 3.63) is 215 Å². The smallest absolute Gasteiger partial charge is 0.131 e. The zero-order valence-corrected chi connectivity index (χ0v) is 25.7. The minimum Gasteiger partial charge on any atom is -0.457 e. The Kier molecular flexibility index (Phi) is 5.92. The highest BCUT2D eigenvalue weighted by atomic mass is 16.5. The second-order valence-corrected chi connectivity index (χ2v) is 12.6. The molecule has 1 aliphatic heterocycles. The highest BCUT2D eigenvalue weighted by Gasteiger charge is 2.47. The topological polar surface area (TPSA) is 9.23 Å². The van der Waals surface area contributed by atoms with Gasteiger partial charge in [0.05, 0.1) is 5.41 Å². The van der Waals surface area contributed by atoms with Gasteiger partial charge < -0.3 is 4.74 Å². The van der Waals surface area contributed by atoms with E-state index < -0.39 is 5.41 Å². The molecule has 1 atom stereocenters. The van der Waals surface area contributed by atoms with E-state index >= 15 is 0 Å². The Hall–Kier alpha value is -5.66. The fourth-order valence-corrected chi connectivity index (χ4v) is 8.23. The average molecular weight is 589 g/mol. The van der Waals surface area contributed by atoms with Gasteiger partial charge in [-0.3, -0.25) is 0 Å². The molecular weight excluding hydrogens is 556 g/mol. The van der Waals surface area contributed by atoms with E-state index in [-0.39, 0.29) is 5.41 Å². The first-order chi connectivity index (χ1) is 22.7. The molecule has 46 heavy (non-hydrogen) atoms. The Balaban J connectivity index is 1.33. The highest BCUT2D eigenvalue weighted by Crippen LogP contribution is 2.58. The van der Waals surface area contributed by atoms with Crippen molar-refractivity contribution >= 4 is 0 Å². The van der Waals surface area contributed by atoms with Crippen LogP contribution in [0.1, 0.15) is 45.9 Å². The maximum Gasteiger partial charge on any atom is 0.131 e. The van der Waals surface area contributed by atoms with E-state index in [1.807, 2.05) is 0 Å². The van der Waals surface area contributed by atoms with Crippen molar-refractivity contribution < 1.29 is 4.74 Å². The molecular formula is C45H32O. The molecule has 0 spiro atoms. The number of para-hydroxylation sites is 1. The Labute approximate surface area is 270 Å². The maximum absolute atomic E-state index is 6.60. The first kappa shape index (κ1) is 26.7. The first-order valence-corrected chi connectivity index (χ1v) is 16.0. The quantitative estimate of drug-likeness (QED) is 0.199. The second-order valence-electron chi connectivity index (χ2n) is 12.6. The van der Waals surface area contributed by atoms with E-state index in [1.165, 1.54) is 61.2 Å². The predicted octanol–water partition coefficient (Wildman–Crippen LogP) is 11.2. The highest BCUT2D eigenvalue weighted by molar-refractivity contribution is 5.89. The zero-order valence-electron chi connectivity index (χ0n) is 25.7. The Morgan fingerprint density at radius 2 is 0.826 bits per heavy atom. The van der Waals surface area contributed by atoms with Crippen molar-refractivity contribution in [2.75, 3.05) is 0 Å². The van der Waals surface area contributed by atoms with Gasteiger partial charge in [0.25, 0.3) is 0 Å². The summed E-state index contributed by atoms with van der Waals surface area (Å²) in [5.74, 6) is 1.82. The third-order valence-electron chi connectivity index (χ3n) is 10.3. The van der Waals surface area contributed by atoms with Crippen LogP contribution in [0.15, 0.2) is 176 Å². The van der Waals surface area contributed by atoms with Gasteiger partial charge >= 0.3 is 0 Å². The van der Waals surface area contributed by atoms with Gasteiger partial charge in [0.2, 0.25) is 0 Å². The fourth-order valence-electron chi connectivity index (χ4n) is 8.23. The number of hydrogen-bond donors (Lipinski definition) is 0. The molecule has 0 saturated carbocycles. The SMILES string of the molecule is CC1(c2ccccc2)c2ccccc2Oc2ccc(-c3ccccc3C3(c4ccccc4)c4ccccc4-c4ccccc43)cc21. The fraction of sp³-hybridized carbons (Fsp3) is 0.0667. The van der Waals surface area contributed by atoms with Crippen molar-refractivity contribution in [3.8, 4) is 33.8 Å². The van der Waals surface area contributed by atoms with Gasteiger partial charge in [-0.05, 0) is 75.2 Å². The molecule has 218 valence electrons. The summed E-state index contributed by atoms with van der Waals surface area (Å²) in [6.45, 7) is 2.34. The van der Waals surface area contributed by atoms with Crippen LogP contribution in [0.3, 0.4) is 0 Å². The van der Waals surface area contributed by atoms with Crippen LogP contribution in [0.25, 0.3) is 22.3 Å². The van der Waals surface area contributed by atoms with Gasteiger partial charge in [-0.25, -0.2) is 0 Å². The van der Waals surface area contributed by atoms with Gasteiger partial charge in [0.15, 0.2) is 0 Å². The summed E-state index contributed by atoms with van der Waals surface area (Å²) in [6.07, 6.45) is 0. The van der Waals surface area contributed by atoms with Crippen LogP contribution >= 0.6 is 0 Å². The summed E-state index contributed by atoms with van der Waals surface area (Å²) < 4.78 is 6.60. The van der Waals surface area contributed by atoms with Crippen LogP contribution in [-0.2, 0) is 10.8 Å². The third-order valence-corrected chi connectivity index (χ3v) is 10.3. The van der Waals surface area contributed by atoms with Crippen LogP contribution < -0.4 is 4.74 Å².